The van der Waals surface area contributed by atoms with E-state index in [1.807, 2.05) is 24.3 Å². The number of hydrogen-bond acceptors (Lipinski definition) is 2. The SMILES string of the molecule is C=C(/C=C/Sc1ccccc1)O[C@@H]1CCCC[C@H]1c1ccccc1. The predicted octanol–water partition coefficient (Wildman–Crippen LogP) is 6.55. The van der Waals surface area contributed by atoms with Crippen LogP contribution in [0.25, 0.3) is 0 Å². The molecule has 1 aliphatic rings. The zero-order chi connectivity index (χ0) is 16.6. The molecule has 2 atom stereocenters. The fraction of sp³-hybridized carbons (Fsp3) is 0.273. The van der Waals surface area contributed by atoms with Crippen molar-refractivity contribution in [3.63, 3.8) is 0 Å². The van der Waals surface area contributed by atoms with Crippen molar-refractivity contribution in [1.82, 2.24) is 0 Å². The lowest BCUT2D eigenvalue weighted by Gasteiger charge is -2.32. The molecule has 124 valence electrons. The van der Waals surface area contributed by atoms with E-state index < -0.39 is 0 Å². The second-order valence-corrected chi connectivity index (χ2v) is 7.14. The number of benzene rings is 2. The lowest BCUT2D eigenvalue weighted by molar-refractivity contribution is 0.0710. The molecule has 1 saturated carbocycles. The maximum atomic E-state index is 6.20. The van der Waals surface area contributed by atoms with Gasteiger partial charge in [0.15, 0.2) is 0 Å². The molecule has 0 bridgehead atoms. The summed E-state index contributed by atoms with van der Waals surface area (Å²) in [6.45, 7) is 4.09. The lowest BCUT2D eigenvalue weighted by atomic mass is 9.81. The molecule has 0 spiro atoms. The van der Waals surface area contributed by atoms with E-state index >= 15 is 0 Å². The Hall–Kier alpha value is -1.93. The number of hydrogen-bond donors (Lipinski definition) is 0. The highest BCUT2D eigenvalue weighted by molar-refractivity contribution is 8.02. The molecule has 2 aromatic rings. The number of thioether (sulfide) groups is 1. The Balaban J connectivity index is 1.57. The summed E-state index contributed by atoms with van der Waals surface area (Å²) in [5, 5.41) is 2.05. The van der Waals surface area contributed by atoms with Crippen molar-refractivity contribution in [3.8, 4) is 0 Å². The summed E-state index contributed by atoms with van der Waals surface area (Å²) in [6, 6.07) is 21.1. The van der Waals surface area contributed by atoms with E-state index in [0.29, 0.717) is 5.92 Å². The standard InChI is InChI=1S/C22H24OS/c1-18(16-17-24-20-12-6-3-7-13-20)23-22-15-9-8-14-21(22)19-10-4-2-5-11-19/h2-7,10-13,16-17,21-22H,1,8-9,14-15H2/b17-16+/t21-,22+/m0/s1. The highest BCUT2D eigenvalue weighted by Crippen LogP contribution is 2.36. The molecule has 0 N–H and O–H groups in total. The molecule has 0 radical (unpaired) electrons. The molecule has 1 nitrogen and oxygen atoms in total. The fourth-order valence-corrected chi connectivity index (χ4v) is 3.93. The minimum absolute atomic E-state index is 0.236. The lowest BCUT2D eigenvalue weighted by Crippen LogP contribution is -2.25. The van der Waals surface area contributed by atoms with Gasteiger partial charge in [0.1, 0.15) is 11.9 Å². The average molecular weight is 336 g/mol. The predicted molar refractivity (Wildman–Crippen MR) is 103 cm³/mol. The Kier molecular flexibility index (Phi) is 6.20. The van der Waals surface area contributed by atoms with Gasteiger partial charge in [0, 0.05) is 10.8 Å². The second-order valence-electron chi connectivity index (χ2n) is 6.16. The number of ether oxygens (including phenoxy) is 1. The van der Waals surface area contributed by atoms with Crippen molar-refractivity contribution in [2.45, 2.75) is 42.6 Å². The van der Waals surface area contributed by atoms with Crippen LogP contribution < -0.4 is 0 Å². The van der Waals surface area contributed by atoms with Gasteiger partial charge >= 0.3 is 0 Å². The van der Waals surface area contributed by atoms with Gasteiger partial charge in [0.25, 0.3) is 0 Å². The van der Waals surface area contributed by atoms with E-state index in [1.54, 1.807) is 11.8 Å². The Morgan fingerprint density at radius 2 is 1.62 bits per heavy atom. The van der Waals surface area contributed by atoms with Crippen LogP contribution in [0.2, 0.25) is 0 Å². The van der Waals surface area contributed by atoms with Gasteiger partial charge in [-0.2, -0.15) is 0 Å². The summed E-state index contributed by atoms with van der Waals surface area (Å²) in [4.78, 5) is 1.22. The normalized spacial score (nSPS) is 20.8. The summed E-state index contributed by atoms with van der Waals surface area (Å²) in [5.74, 6) is 1.23. The Morgan fingerprint density at radius 3 is 2.38 bits per heavy atom. The van der Waals surface area contributed by atoms with Gasteiger partial charge < -0.3 is 4.74 Å². The van der Waals surface area contributed by atoms with Crippen LogP contribution in [0.3, 0.4) is 0 Å². The molecule has 0 heterocycles. The third-order valence-electron chi connectivity index (χ3n) is 4.43. The maximum absolute atomic E-state index is 6.20. The first-order valence-electron chi connectivity index (χ1n) is 8.62. The Labute approximate surface area is 149 Å². The summed E-state index contributed by atoms with van der Waals surface area (Å²) in [5.41, 5.74) is 1.39. The summed E-state index contributed by atoms with van der Waals surface area (Å²) in [7, 11) is 0. The van der Waals surface area contributed by atoms with E-state index in [0.717, 1.165) is 12.2 Å². The third-order valence-corrected chi connectivity index (χ3v) is 5.25. The molecule has 0 aromatic heterocycles. The Bertz CT molecular complexity index is 663. The molecule has 2 heteroatoms. The molecule has 0 amide bonds. The first-order chi connectivity index (χ1) is 11.8. The largest absolute Gasteiger partial charge is 0.490 e. The number of allylic oxidation sites excluding steroid dienone is 1. The molecule has 1 aliphatic carbocycles. The maximum Gasteiger partial charge on any atom is 0.113 e. The van der Waals surface area contributed by atoms with Crippen molar-refractivity contribution < 1.29 is 4.74 Å². The zero-order valence-electron chi connectivity index (χ0n) is 13.9. The van der Waals surface area contributed by atoms with Crippen LogP contribution in [-0.4, -0.2) is 6.10 Å². The van der Waals surface area contributed by atoms with Gasteiger partial charge in [-0.15, -0.1) is 0 Å². The van der Waals surface area contributed by atoms with Gasteiger partial charge in [0.2, 0.25) is 0 Å². The molecule has 0 saturated heterocycles. The highest BCUT2D eigenvalue weighted by Gasteiger charge is 2.27. The average Bonchev–Trinajstić information content (AvgIpc) is 2.64. The topological polar surface area (TPSA) is 9.23 Å². The summed E-state index contributed by atoms with van der Waals surface area (Å²) < 4.78 is 6.20. The van der Waals surface area contributed by atoms with Crippen LogP contribution in [0.1, 0.15) is 37.2 Å². The van der Waals surface area contributed by atoms with Crippen molar-refractivity contribution in [1.29, 1.82) is 0 Å². The molecular weight excluding hydrogens is 312 g/mol. The van der Waals surface area contributed by atoms with Crippen LogP contribution in [0.15, 0.2) is 89.4 Å². The fourth-order valence-electron chi connectivity index (χ4n) is 3.24. The van der Waals surface area contributed by atoms with Gasteiger partial charge in [-0.05, 0) is 48.4 Å². The Morgan fingerprint density at radius 1 is 0.958 bits per heavy atom. The smallest absolute Gasteiger partial charge is 0.113 e. The van der Waals surface area contributed by atoms with Gasteiger partial charge in [-0.1, -0.05) is 73.3 Å². The second kappa shape index (κ2) is 8.79. The minimum atomic E-state index is 0.236. The number of rotatable bonds is 6. The van der Waals surface area contributed by atoms with Crippen LogP contribution in [0.5, 0.6) is 0 Å². The monoisotopic (exact) mass is 336 g/mol. The van der Waals surface area contributed by atoms with Crippen LogP contribution >= 0.6 is 11.8 Å². The van der Waals surface area contributed by atoms with E-state index in [4.69, 9.17) is 4.74 Å². The van der Waals surface area contributed by atoms with Gasteiger partial charge in [0.05, 0.1) is 0 Å². The minimum Gasteiger partial charge on any atom is -0.490 e. The van der Waals surface area contributed by atoms with E-state index in [2.05, 4.69) is 54.5 Å². The van der Waals surface area contributed by atoms with Crippen molar-refractivity contribution in [3.05, 3.63) is 90.0 Å². The molecule has 24 heavy (non-hydrogen) atoms. The quantitative estimate of drug-likeness (QED) is 0.336. The van der Waals surface area contributed by atoms with Gasteiger partial charge in [-0.3, -0.25) is 0 Å². The molecule has 3 rings (SSSR count). The molecular formula is C22H24OS. The van der Waals surface area contributed by atoms with Crippen molar-refractivity contribution in [2.24, 2.45) is 0 Å². The van der Waals surface area contributed by atoms with E-state index in [9.17, 15) is 0 Å². The molecule has 0 aliphatic heterocycles. The van der Waals surface area contributed by atoms with Crippen molar-refractivity contribution >= 4 is 11.8 Å². The van der Waals surface area contributed by atoms with E-state index in [-0.39, 0.29) is 6.10 Å². The van der Waals surface area contributed by atoms with Crippen LogP contribution in [-0.2, 0) is 4.74 Å². The van der Waals surface area contributed by atoms with Gasteiger partial charge in [-0.25, -0.2) is 0 Å². The molecule has 0 unspecified atom stereocenters. The summed E-state index contributed by atoms with van der Waals surface area (Å²) >= 11 is 1.69. The van der Waals surface area contributed by atoms with Crippen LogP contribution in [0.4, 0.5) is 0 Å². The van der Waals surface area contributed by atoms with Crippen molar-refractivity contribution in [2.75, 3.05) is 0 Å². The molecule has 2 aromatic carbocycles. The first-order valence-corrected chi connectivity index (χ1v) is 9.49. The summed E-state index contributed by atoms with van der Waals surface area (Å²) in [6.07, 6.45) is 7.05. The zero-order valence-corrected chi connectivity index (χ0v) is 14.8. The third kappa shape index (κ3) is 4.78. The highest BCUT2D eigenvalue weighted by atomic mass is 32.2. The van der Waals surface area contributed by atoms with Crippen LogP contribution in [0, 0.1) is 0 Å². The first kappa shape index (κ1) is 16.9. The molecule has 1 fully saturated rings. The van der Waals surface area contributed by atoms with E-state index in [1.165, 1.54) is 29.7 Å².